The molecule has 6 nitrogen and oxygen atoms in total. The van der Waals surface area contributed by atoms with Crippen LogP contribution in [0.1, 0.15) is 23.5 Å². The minimum absolute atomic E-state index is 0.00187. The molecule has 0 unspecified atom stereocenters. The largest absolute Gasteiger partial charge is 0.440 e. The highest BCUT2D eigenvalue weighted by molar-refractivity contribution is 7.12. The van der Waals surface area contributed by atoms with Crippen LogP contribution in [0.3, 0.4) is 0 Å². The van der Waals surface area contributed by atoms with E-state index in [4.69, 9.17) is 0 Å². The summed E-state index contributed by atoms with van der Waals surface area (Å²) in [5, 5.41) is 4.74. The highest BCUT2D eigenvalue weighted by Crippen LogP contribution is 2.34. The van der Waals surface area contributed by atoms with Crippen LogP contribution in [-0.4, -0.2) is 41.1 Å². The van der Waals surface area contributed by atoms with E-state index >= 15 is 0 Å². The maximum atomic E-state index is 13.5. The molecule has 1 aromatic heterocycles. The van der Waals surface area contributed by atoms with Gasteiger partial charge in [-0.25, -0.2) is 4.79 Å². The fraction of sp³-hybridized carbons (Fsp3) is 0.462. The molecule has 10 heteroatoms. The fourth-order valence-electron chi connectivity index (χ4n) is 2.09. The van der Waals surface area contributed by atoms with Gasteiger partial charge in [0, 0.05) is 6.54 Å². The number of nitrogens with one attached hydrogen (secondary N) is 2. The Morgan fingerprint density at radius 2 is 2.09 bits per heavy atom. The summed E-state index contributed by atoms with van der Waals surface area (Å²) in [5.41, 5.74) is -3.44. The van der Waals surface area contributed by atoms with Gasteiger partial charge in [0.1, 0.15) is 0 Å². The quantitative estimate of drug-likeness (QED) is 0.816. The Bertz CT molecular complexity index is 630. The number of amides is 4. The molecule has 1 aliphatic rings. The van der Waals surface area contributed by atoms with Gasteiger partial charge in [-0.15, -0.1) is 11.3 Å². The van der Waals surface area contributed by atoms with Gasteiger partial charge in [0.2, 0.25) is 0 Å². The first-order valence-electron chi connectivity index (χ1n) is 6.65. The number of urea groups is 1. The van der Waals surface area contributed by atoms with Crippen LogP contribution >= 0.6 is 11.3 Å². The van der Waals surface area contributed by atoms with Crippen molar-refractivity contribution in [2.24, 2.45) is 5.92 Å². The number of carbonyl (C=O) groups excluding carboxylic acids is 3. The summed E-state index contributed by atoms with van der Waals surface area (Å²) >= 11 is 0.920. The number of imide groups is 1. The molecule has 23 heavy (non-hydrogen) atoms. The maximum absolute atomic E-state index is 13.5. The van der Waals surface area contributed by atoms with Crippen LogP contribution in [-0.2, 0) is 4.79 Å². The molecule has 0 bridgehead atoms. The summed E-state index contributed by atoms with van der Waals surface area (Å²) in [6.07, 6.45) is -5.18. The summed E-state index contributed by atoms with van der Waals surface area (Å²) < 4.78 is 40.4. The Morgan fingerprint density at radius 3 is 2.57 bits per heavy atom. The van der Waals surface area contributed by atoms with Crippen molar-refractivity contribution in [2.45, 2.75) is 25.7 Å². The lowest BCUT2D eigenvalue weighted by Crippen LogP contribution is -2.69. The van der Waals surface area contributed by atoms with Gasteiger partial charge < -0.3 is 5.32 Å². The molecule has 0 spiro atoms. The van der Waals surface area contributed by atoms with Crippen molar-refractivity contribution < 1.29 is 27.6 Å². The van der Waals surface area contributed by atoms with Crippen molar-refractivity contribution in [2.75, 3.05) is 6.54 Å². The smallest absolute Gasteiger partial charge is 0.313 e. The molecule has 1 fully saturated rings. The second-order valence-electron chi connectivity index (χ2n) is 5.42. The molecular formula is C13H14F3N3O3S. The summed E-state index contributed by atoms with van der Waals surface area (Å²) in [6.45, 7) is 3.12. The predicted octanol–water partition coefficient (Wildman–Crippen LogP) is 1.94. The number of hydrogen-bond donors (Lipinski definition) is 2. The zero-order valence-electron chi connectivity index (χ0n) is 12.2. The van der Waals surface area contributed by atoms with Crippen molar-refractivity contribution in [1.82, 2.24) is 15.5 Å². The second-order valence-corrected chi connectivity index (χ2v) is 6.37. The zero-order valence-corrected chi connectivity index (χ0v) is 13.0. The molecule has 1 atom stereocenters. The molecule has 1 aliphatic heterocycles. The van der Waals surface area contributed by atoms with E-state index in [1.807, 2.05) is 0 Å². The third kappa shape index (κ3) is 3.03. The van der Waals surface area contributed by atoms with E-state index in [0.29, 0.717) is 4.90 Å². The van der Waals surface area contributed by atoms with Crippen LogP contribution in [0.4, 0.5) is 18.0 Å². The Labute approximate surface area is 133 Å². The van der Waals surface area contributed by atoms with Gasteiger partial charge in [-0.3, -0.25) is 19.8 Å². The molecular weight excluding hydrogens is 335 g/mol. The monoisotopic (exact) mass is 349 g/mol. The van der Waals surface area contributed by atoms with E-state index in [2.05, 4.69) is 0 Å². The number of hydrogen-bond acceptors (Lipinski definition) is 4. The fourth-order valence-corrected chi connectivity index (χ4v) is 2.71. The zero-order chi connectivity index (χ0) is 17.4. The van der Waals surface area contributed by atoms with Crippen molar-refractivity contribution in [3.8, 4) is 0 Å². The SMILES string of the molecule is CC(C)CN1C(=O)N[C@](NC(=O)c2cccs2)(C(F)(F)F)C1=O. The Morgan fingerprint density at radius 1 is 1.43 bits per heavy atom. The average Bonchev–Trinajstić information content (AvgIpc) is 3.01. The van der Waals surface area contributed by atoms with Gasteiger partial charge in [0.15, 0.2) is 0 Å². The van der Waals surface area contributed by atoms with Crippen LogP contribution in [0.25, 0.3) is 0 Å². The Balaban J connectivity index is 2.36. The third-order valence-corrected chi connectivity index (χ3v) is 3.99. The summed E-state index contributed by atoms with van der Waals surface area (Å²) in [5.74, 6) is -2.84. The molecule has 2 N–H and O–H groups in total. The third-order valence-electron chi connectivity index (χ3n) is 3.12. The molecule has 1 saturated heterocycles. The molecule has 0 aliphatic carbocycles. The van der Waals surface area contributed by atoms with Crippen LogP contribution in [0.5, 0.6) is 0 Å². The molecule has 0 aromatic carbocycles. The molecule has 4 amide bonds. The van der Waals surface area contributed by atoms with Crippen LogP contribution < -0.4 is 10.6 Å². The molecule has 0 saturated carbocycles. The lowest BCUT2D eigenvalue weighted by molar-refractivity contribution is -0.200. The Kier molecular flexibility index (Phi) is 4.38. The molecule has 1 aromatic rings. The number of rotatable bonds is 4. The van der Waals surface area contributed by atoms with Gasteiger partial charge in [0.25, 0.3) is 17.5 Å². The topological polar surface area (TPSA) is 78.5 Å². The number of nitrogens with zero attached hydrogens (tertiary/aromatic N) is 1. The van der Waals surface area contributed by atoms with E-state index in [1.165, 1.54) is 17.5 Å². The maximum Gasteiger partial charge on any atom is 0.440 e. The van der Waals surface area contributed by atoms with Gasteiger partial charge in [0.05, 0.1) is 4.88 Å². The number of thiophene rings is 1. The van der Waals surface area contributed by atoms with Crippen LogP contribution in [0.15, 0.2) is 17.5 Å². The van der Waals surface area contributed by atoms with Crippen LogP contribution in [0, 0.1) is 5.92 Å². The first kappa shape index (κ1) is 17.3. The minimum Gasteiger partial charge on any atom is -0.313 e. The number of halogens is 3. The highest BCUT2D eigenvalue weighted by Gasteiger charge is 2.68. The van der Waals surface area contributed by atoms with Crippen molar-refractivity contribution >= 4 is 29.2 Å². The van der Waals surface area contributed by atoms with Crippen LogP contribution in [0.2, 0.25) is 0 Å². The summed E-state index contributed by atoms with van der Waals surface area (Å²) in [6, 6.07) is 1.62. The van der Waals surface area contributed by atoms with E-state index in [0.717, 1.165) is 11.3 Å². The van der Waals surface area contributed by atoms with Crippen molar-refractivity contribution in [3.05, 3.63) is 22.4 Å². The lowest BCUT2D eigenvalue weighted by atomic mass is 10.1. The lowest BCUT2D eigenvalue weighted by Gasteiger charge is -2.29. The standard InChI is InChI=1S/C13H14F3N3O3S/c1-7(2)6-19-10(21)12(13(14,15)16,18-11(19)22)17-9(20)8-4-3-5-23-8/h3-5,7H,6H2,1-2H3,(H,17,20)(H,18,22)/t12-/m0/s1. The van der Waals surface area contributed by atoms with Gasteiger partial charge >= 0.3 is 12.2 Å². The van der Waals surface area contributed by atoms with E-state index in [-0.39, 0.29) is 17.3 Å². The van der Waals surface area contributed by atoms with Gasteiger partial charge in [-0.05, 0) is 17.4 Å². The van der Waals surface area contributed by atoms with Gasteiger partial charge in [-0.2, -0.15) is 13.2 Å². The summed E-state index contributed by atoms with van der Waals surface area (Å²) in [4.78, 5) is 36.5. The predicted molar refractivity (Wildman–Crippen MR) is 75.7 cm³/mol. The summed E-state index contributed by atoms with van der Waals surface area (Å²) in [7, 11) is 0. The Hall–Kier alpha value is -2.10. The highest BCUT2D eigenvalue weighted by atomic mass is 32.1. The average molecular weight is 349 g/mol. The molecule has 126 valence electrons. The molecule has 2 rings (SSSR count). The first-order valence-corrected chi connectivity index (χ1v) is 7.53. The minimum atomic E-state index is -5.18. The van der Waals surface area contributed by atoms with Crippen molar-refractivity contribution in [3.63, 3.8) is 0 Å². The molecule has 0 radical (unpaired) electrons. The van der Waals surface area contributed by atoms with Crippen molar-refractivity contribution in [1.29, 1.82) is 0 Å². The number of carbonyl (C=O) groups is 3. The van der Waals surface area contributed by atoms with E-state index in [9.17, 15) is 27.6 Å². The normalized spacial score (nSPS) is 21.7. The van der Waals surface area contributed by atoms with Gasteiger partial charge in [-0.1, -0.05) is 19.9 Å². The van der Waals surface area contributed by atoms with E-state index < -0.39 is 29.7 Å². The molecule has 2 heterocycles. The second kappa shape index (κ2) is 5.84. The first-order chi connectivity index (χ1) is 10.6. The van der Waals surface area contributed by atoms with E-state index in [1.54, 1.807) is 24.5 Å². The number of alkyl halides is 3.